The number of nitrogens with one attached hydrogen (secondary N) is 1. The zero-order valence-corrected chi connectivity index (χ0v) is 23.5. The number of hydrogen-bond donors (Lipinski definition) is 2. The van der Waals surface area contributed by atoms with Crippen molar-refractivity contribution in [1.82, 2.24) is 9.80 Å². The topological polar surface area (TPSA) is 102 Å². The van der Waals surface area contributed by atoms with E-state index in [0.29, 0.717) is 32.4 Å². The van der Waals surface area contributed by atoms with Crippen LogP contribution in [0.2, 0.25) is 0 Å². The number of piperazine rings is 1. The van der Waals surface area contributed by atoms with E-state index in [1.165, 1.54) is 11.8 Å². The van der Waals surface area contributed by atoms with Crippen LogP contribution in [0.25, 0.3) is 0 Å². The van der Waals surface area contributed by atoms with Crippen molar-refractivity contribution < 1.29 is 28.0 Å². The fourth-order valence-electron chi connectivity index (χ4n) is 6.65. The van der Waals surface area contributed by atoms with Crippen LogP contribution in [0.1, 0.15) is 44.1 Å². The summed E-state index contributed by atoms with van der Waals surface area (Å²) in [6, 6.07) is 13.1. The van der Waals surface area contributed by atoms with Crippen LogP contribution in [-0.2, 0) is 11.0 Å². The Hall–Kier alpha value is -3.38. The van der Waals surface area contributed by atoms with Crippen LogP contribution in [0, 0.1) is 22.0 Å². The van der Waals surface area contributed by atoms with Gasteiger partial charge >= 0.3 is 6.18 Å². The number of nitro groups is 1. The van der Waals surface area contributed by atoms with E-state index in [2.05, 4.69) is 27.2 Å². The number of para-hydroxylation sites is 1. The molecule has 0 aromatic heterocycles. The molecule has 2 saturated heterocycles. The molecule has 3 fully saturated rings. The standard InChI is InChI=1S/C30H38F3N5O4/c31-30(32,33)26-20-24(9-10-27(26)38(41)42)34-23-11-13-36(14-12-23)28(39)21-5-4-6-22(19-21)29(40)37-17-15-35(16-18-37)25-7-2-1-3-8-25/h1-3,7-10,20-23,29,34,40H,4-6,11-19H2. The van der Waals surface area contributed by atoms with Gasteiger partial charge in [-0.15, -0.1) is 0 Å². The number of benzene rings is 2. The van der Waals surface area contributed by atoms with Gasteiger partial charge in [-0.3, -0.25) is 19.8 Å². The van der Waals surface area contributed by atoms with Gasteiger partial charge in [-0.2, -0.15) is 13.2 Å². The Morgan fingerprint density at radius 2 is 1.67 bits per heavy atom. The van der Waals surface area contributed by atoms with Gasteiger partial charge in [0.1, 0.15) is 11.8 Å². The van der Waals surface area contributed by atoms with Crippen LogP contribution in [0.5, 0.6) is 0 Å². The zero-order valence-electron chi connectivity index (χ0n) is 23.5. The van der Waals surface area contributed by atoms with Crippen molar-refractivity contribution in [2.24, 2.45) is 11.8 Å². The number of hydrogen-bond acceptors (Lipinski definition) is 7. The number of likely N-dealkylation sites (tertiary alicyclic amines) is 1. The Kier molecular flexibility index (Phi) is 9.22. The monoisotopic (exact) mass is 589 g/mol. The molecule has 2 aromatic rings. The van der Waals surface area contributed by atoms with Gasteiger partial charge in [-0.1, -0.05) is 24.6 Å². The molecule has 2 aromatic carbocycles. The quantitative estimate of drug-likeness (QED) is 0.348. The summed E-state index contributed by atoms with van der Waals surface area (Å²) in [5.74, 6) is -0.00776. The lowest BCUT2D eigenvalue weighted by Gasteiger charge is -2.43. The summed E-state index contributed by atoms with van der Waals surface area (Å²) in [5, 5.41) is 25.3. The lowest BCUT2D eigenvalue weighted by molar-refractivity contribution is -0.388. The fourth-order valence-corrected chi connectivity index (χ4v) is 6.65. The highest BCUT2D eigenvalue weighted by atomic mass is 19.4. The second-order valence-electron chi connectivity index (χ2n) is 11.6. The maximum atomic E-state index is 13.4. The number of piperidine rings is 1. The minimum absolute atomic E-state index is 0.0418. The lowest BCUT2D eigenvalue weighted by atomic mass is 9.79. The fraction of sp³-hybridized carbons (Fsp3) is 0.567. The summed E-state index contributed by atoms with van der Waals surface area (Å²) in [7, 11) is 0. The van der Waals surface area contributed by atoms with Gasteiger partial charge in [0, 0.05) is 68.7 Å². The summed E-state index contributed by atoms with van der Waals surface area (Å²) in [4.78, 5) is 29.7. The predicted octanol–water partition coefficient (Wildman–Crippen LogP) is 4.96. The number of aliphatic hydroxyl groups excluding tert-OH is 1. The van der Waals surface area contributed by atoms with Crippen LogP contribution in [0.3, 0.4) is 0 Å². The van der Waals surface area contributed by atoms with E-state index in [1.54, 1.807) is 0 Å². The molecular formula is C30H38F3N5O4. The van der Waals surface area contributed by atoms with Crippen LogP contribution in [-0.4, -0.2) is 77.3 Å². The average Bonchev–Trinajstić information content (AvgIpc) is 3.01. The van der Waals surface area contributed by atoms with Crippen LogP contribution >= 0.6 is 0 Å². The minimum Gasteiger partial charge on any atom is -0.382 e. The summed E-state index contributed by atoms with van der Waals surface area (Å²) < 4.78 is 40.1. The van der Waals surface area contributed by atoms with E-state index in [-0.39, 0.29) is 29.5 Å². The number of halogens is 3. The number of carbonyl (C=O) groups excluding carboxylic acids is 1. The molecule has 2 N–H and O–H groups in total. The summed E-state index contributed by atoms with van der Waals surface area (Å²) >= 11 is 0. The first kappa shape index (κ1) is 30.1. The molecular weight excluding hydrogens is 551 g/mol. The molecule has 42 heavy (non-hydrogen) atoms. The third-order valence-electron chi connectivity index (χ3n) is 8.97. The predicted molar refractivity (Wildman–Crippen MR) is 153 cm³/mol. The van der Waals surface area contributed by atoms with Crippen LogP contribution in [0.4, 0.5) is 30.2 Å². The van der Waals surface area contributed by atoms with Gasteiger partial charge < -0.3 is 20.2 Å². The molecule has 9 nitrogen and oxygen atoms in total. The third kappa shape index (κ3) is 6.97. The molecule has 3 aliphatic rings. The molecule has 3 atom stereocenters. The highest BCUT2D eigenvalue weighted by molar-refractivity contribution is 5.79. The Morgan fingerprint density at radius 1 is 0.976 bits per heavy atom. The van der Waals surface area contributed by atoms with Crippen molar-refractivity contribution in [2.45, 2.75) is 57.0 Å². The van der Waals surface area contributed by atoms with Gasteiger partial charge in [-0.05, 0) is 62.3 Å². The van der Waals surface area contributed by atoms with Crippen molar-refractivity contribution in [1.29, 1.82) is 0 Å². The largest absolute Gasteiger partial charge is 0.423 e. The summed E-state index contributed by atoms with van der Waals surface area (Å²) in [6.45, 7) is 4.20. The van der Waals surface area contributed by atoms with Gasteiger partial charge in [0.25, 0.3) is 5.69 Å². The first-order valence-corrected chi connectivity index (χ1v) is 14.7. The Balaban J connectivity index is 1.10. The van der Waals surface area contributed by atoms with Gasteiger partial charge in [0.15, 0.2) is 0 Å². The number of carbonyl (C=O) groups is 1. The van der Waals surface area contributed by atoms with E-state index in [9.17, 15) is 33.2 Å². The highest BCUT2D eigenvalue weighted by Gasteiger charge is 2.39. The highest BCUT2D eigenvalue weighted by Crippen LogP contribution is 2.38. The number of rotatable bonds is 7. The number of nitro benzene ring substituents is 1. The summed E-state index contributed by atoms with van der Waals surface area (Å²) in [5.41, 5.74) is -0.893. The third-order valence-corrected chi connectivity index (χ3v) is 8.97. The Morgan fingerprint density at radius 3 is 2.31 bits per heavy atom. The van der Waals surface area contributed by atoms with Crippen molar-refractivity contribution in [3.8, 4) is 0 Å². The lowest BCUT2D eigenvalue weighted by Crippen LogP contribution is -2.53. The molecule has 1 aliphatic carbocycles. The Bertz CT molecular complexity index is 1230. The van der Waals surface area contributed by atoms with Crippen molar-refractivity contribution in [3.63, 3.8) is 0 Å². The normalized spacial score (nSPS) is 23.4. The number of nitrogens with zero attached hydrogens (tertiary/aromatic N) is 4. The second kappa shape index (κ2) is 12.9. The Labute approximate surface area is 243 Å². The van der Waals surface area contributed by atoms with Gasteiger partial charge in [-0.25, -0.2) is 0 Å². The number of aliphatic hydroxyl groups is 1. The molecule has 0 bridgehead atoms. The molecule has 3 unspecified atom stereocenters. The van der Waals surface area contributed by atoms with E-state index in [1.807, 2.05) is 23.1 Å². The maximum absolute atomic E-state index is 13.4. The van der Waals surface area contributed by atoms with E-state index in [0.717, 1.165) is 57.6 Å². The molecule has 5 rings (SSSR count). The molecule has 12 heteroatoms. The molecule has 0 spiro atoms. The SMILES string of the molecule is O=C(C1CCCC(C(O)N2CCN(c3ccccc3)CC2)C1)N1CCC(Nc2ccc([N+](=O)[O-])c(C(F)(F)F)c2)CC1. The first-order valence-electron chi connectivity index (χ1n) is 14.7. The second-order valence-corrected chi connectivity index (χ2v) is 11.6. The maximum Gasteiger partial charge on any atom is 0.423 e. The van der Waals surface area contributed by atoms with Crippen LogP contribution in [0.15, 0.2) is 48.5 Å². The van der Waals surface area contributed by atoms with E-state index >= 15 is 0 Å². The van der Waals surface area contributed by atoms with E-state index in [4.69, 9.17) is 0 Å². The van der Waals surface area contributed by atoms with Crippen molar-refractivity contribution in [2.75, 3.05) is 49.5 Å². The minimum atomic E-state index is -4.84. The van der Waals surface area contributed by atoms with Crippen LogP contribution < -0.4 is 10.2 Å². The number of anilines is 2. The smallest absolute Gasteiger partial charge is 0.382 e. The molecule has 2 heterocycles. The summed E-state index contributed by atoms with van der Waals surface area (Å²) in [6.07, 6.45) is -1.05. The van der Waals surface area contributed by atoms with Crippen molar-refractivity contribution >= 4 is 23.0 Å². The van der Waals surface area contributed by atoms with E-state index < -0.39 is 28.6 Å². The first-order chi connectivity index (χ1) is 20.1. The van der Waals surface area contributed by atoms with Gasteiger partial charge in [0.05, 0.1) is 4.92 Å². The van der Waals surface area contributed by atoms with Gasteiger partial charge in [0.2, 0.25) is 5.91 Å². The zero-order chi connectivity index (χ0) is 29.9. The molecule has 0 radical (unpaired) electrons. The molecule has 228 valence electrons. The molecule has 2 aliphatic heterocycles. The number of alkyl halides is 3. The van der Waals surface area contributed by atoms with Crippen molar-refractivity contribution in [3.05, 3.63) is 64.2 Å². The average molecular weight is 590 g/mol. The molecule has 1 amide bonds. The molecule has 1 saturated carbocycles. The number of amides is 1.